The molecule has 7 heteroatoms. The second-order valence-electron chi connectivity index (χ2n) is 6.23. The zero-order valence-corrected chi connectivity index (χ0v) is 16.4. The van der Waals surface area contributed by atoms with Gasteiger partial charge in [0.2, 0.25) is 0 Å². The first kappa shape index (κ1) is 20.1. The molecule has 0 heterocycles. The van der Waals surface area contributed by atoms with E-state index in [2.05, 4.69) is 4.72 Å². The van der Waals surface area contributed by atoms with Crippen molar-refractivity contribution in [1.82, 2.24) is 4.72 Å². The van der Waals surface area contributed by atoms with Crippen molar-refractivity contribution in [3.8, 4) is 22.9 Å². The van der Waals surface area contributed by atoms with E-state index in [9.17, 15) is 13.2 Å². The Bertz CT molecular complexity index is 1170. The molecule has 3 rings (SSSR count). The number of hydrogen-bond donors (Lipinski definition) is 1. The van der Waals surface area contributed by atoms with Gasteiger partial charge in [0.15, 0.2) is 6.10 Å². The lowest BCUT2D eigenvalue weighted by Gasteiger charge is -2.16. The number of nitrogens with one attached hydrogen (secondary N) is 1. The molecule has 0 aromatic heterocycles. The number of benzene rings is 3. The molecular weight excluding hydrogens is 388 g/mol. The first-order valence-electron chi connectivity index (χ1n) is 8.78. The Hall–Kier alpha value is -3.63. The number of hydrogen-bond acceptors (Lipinski definition) is 5. The van der Waals surface area contributed by atoms with Crippen LogP contribution in [-0.2, 0) is 14.8 Å². The lowest BCUT2D eigenvalue weighted by molar-refractivity contribution is -0.125. The summed E-state index contributed by atoms with van der Waals surface area (Å²) in [5, 5.41) is 8.94. The minimum atomic E-state index is -4.12. The Kier molecular flexibility index (Phi) is 5.96. The molecule has 0 radical (unpaired) electrons. The summed E-state index contributed by atoms with van der Waals surface area (Å²) in [6.45, 7) is 1.44. The molecular formula is C22H18N2O4S. The average molecular weight is 406 g/mol. The van der Waals surface area contributed by atoms with Gasteiger partial charge in [0.25, 0.3) is 15.9 Å². The number of carbonyl (C=O) groups excluding carboxylic acids is 1. The molecule has 146 valence electrons. The first-order chi connectivity index (χ1) is 13.9. The number of amides is 1. The van der Waals surface area contributed by atoms with E-state index in [0.717, 1.165) is 5.56 Å². The molecule has 3 aromatic carbocycles. The number of nitrogens with zero attached hydrogens (tertiary/aromatic N) is 1. The number of carbonyl (C=O) groups is 1. The first-order valence-corrected chi connectivity index (χ1v) is 10.3. The highest BCUT2D eigenvalue weighted by Gasteiger charge is 2.25. The molecule has 0 bridgehead atoms. The lowest BCUT2D eigenvalue weighted by atomic mass is 10.1. The molecule has 1 amide bonds. The largest absolute Gasteiger partial charge is 0.481 e. The average Bonchev–Trinajstić information content (AvgIpc) is 2.74. The molecule has 3 aromatic rings. The lowest BCUT2D eigenvalue weighted by Crippen LogP contribution is -2.40. The molecule has 6 nitrogen and oxygen atoms in total. The van der Waals surface area contributed by atoms with Crippen molar-refractivity contribution in [2.75, 3.05) is 0 Å². The summed E-state index contributed by atoms with van der Waals surface area (Å²) in [6, 6.07) is 23.8. The molecule has 29 heavy (non-hydrogen) atoms. The highest BCUT2D eigenvalue weighted by atomic mass is 32.2. The van der Waals surface area contributed by atoms with E-state index in [1.165, 1.54) is 19.1 Å². The number of ether oxygens (including phenoxy) is 1. The van der Waals surface area contributed by atoms with Crippen LogP contribution in [0.4, 0.5) is 0 Å². The Morgan fingerprint density at radius 2 is 1.69 bits per heavy atom. The predicted molar refractivity (Wildman–Crippen MR) is 108 cm³/mol. The van der Waals surface area contributed by atoms with E-state index in [-0.39, 0.29) is 4.90 Å². The maximum Gasteiger partial charge on any atom is 0.274 e. The maximum atomic E-state index is 12.9. The molecule has 0 aliphatic rings. The second-order valence-corrected chi connectivity index (χ2v) is 7.88. The number of rotatable bonds is 6. The smallest absolute Gasteiger partial charge is 0.274 e. The van der Waals surface area contributed by atoms with E-state index < -0.39 is 22.0 Å². The minimum absolute atomic E-state index is 0.00164. The number of nitriles is 1. The second kappa shape index (κ2) is 8.59. The molecule has 0 aliphatic heterocycles. The molecule has 1 atom stereocenters. The van der Waals surface area contributed by atoms with Crippen molar-refractivity contribution in [3.05, 3.63) is 84.4 Å². The van der Waals surface area contributed by atoms with Gasteiger partial charge in [-0.1, -0.05) is 54.6 Å². The van der Waals surface area contributed by atoms with Crippen molar-refractivity contribution in [2.24, 2.45) is 0 Å². The fourth-order valence-electron chi connectivity index (χ4n) is 2.72. The van der Waals surface area contributed by atoms with Crippen LogP contribution in [0.3, 0.4) is 0 Å². The van der Waals surface area contributed by atoms with Crippen LogP contribution in [0.15, 0.2) is 83.8 Å². The SMILES string of the molecule is C[C@H](Oc1cccc(C#N)c1)C(=O)NS(=O)(=O)c1ccccc1-c1ccccc1. The van der Waals surface area contributed by atoms with E-state index in [1.807, 2.05) is 24.3 Å². The van der Waals surface area contributed by atoms with Crippen molar-refractivity contribution in [2.45, 2.75) is 17.9 Å². The van der Waals surface area contributed by atoms with Gasteiger partial charge in [-0.05, 0) is 36.8 Å². The minimum Gasteiger partial charge on any atom is -0.481 e. The molecule has 0 saturated heterocycles. The van der Waals surface area contributed by atoms with Crippen LogP contribution in [0.2, 0.25) is 0 Å². The summed E-state index contributed by atoms with van der Waals surface area (Å²) in [5.74, 6) is -0.510. The van der Waals surface area contributed by atoms with E-state index in [4.69, 9.17) is 10.00 Å². The quantitative estimate of drug-likeness (QED) is 0.676. The van der Waals surface area contributed by atoms with Crippen molar-refractivity contribution < 1.29 is 17.9 Å². The summed E-state index contributed by atoms with van der Waals surface area (Å²) in [7, 11) is -4.12. The van der Waals surface area contributed by atoms with Crippen LogP contribution in [-0.4, -0.2) is 20.4 Å². The molecule has 0 spiro atoms. The molecule has 1 N–H and O–H groups in total. The standard InChI is InChI=1S/C22H18N2O4S/c1-16(28-19-11-7-8-17(14-19)15-23)22(25)24-29(26,27)21-13-6-5-12-20(21)18-9-3-2-4-10-18/h2-14,16H,1H3,(H,24,25)/t16-/m0/s1. The van der Waals surface area contributed by atoms with Crippen LogP contribution in [0, 0.1) is 11.3 Å². The summed E-state index contributed by atoms with van der Waals surface area (Å²) < 4.78 is 33.3. The predicted octanol–water partition coefficient (Wildman–Crippen LogP) is 3.50. The molecule has 0 saturated carbocycles. The highest BCUT2D eigenvalue weighted by molar-refractivity contribution is 7.90. The summed E-state index contributed by atoms with van der Waals surface area (Å²) in [5.41, 5.74) is 1.58. The third-order valence-corrected chi connectivity index (χ3v) is 5.55. The third-order valence-electron chi connectivity index (χ3n) is 4.14. The van der Waals surface area contributed by atoms with Gasteiger partial charge in [0, 0.05) is 5.56 Å². The molecule has 0 fully saturated rings. The number of sulfonamides is 1. The van der Waals surface area contributed by atoms with Crippen molar-refractivity contribution in [3.63, 3.8) is 0 Å². The Balaban J connectivity index is 1.81. The maximum absolute atomic E-state index is 12.9. The highest BCUT2D eigenvalue weighted by Crippen LogP contribution is 2.27. The van der Waals surface area contributed by atoms with Gasteiger partial charge in [-0.25, -0.2) is 13.1 Å². The normalized spacial score (nSPS) is 11.9. The zero-order chi connectivity index (χ0) is 20.9. The van der Waals surface area contributed by atoms with Gasteiger partial charge < -0.3 is 4.74 Å². The van der Waals surface area contributed by atoms with E-state index in [1.54, 1.807) is 48.5 Å². The zero-order valence-electron chi connectivity index (χ0n) is 15.6. The van der Waals surface area contributed by atoms with Crippen molar-refractivity contribution >= 4 is 15.9 Å². The van der Waals surface area contributed by atoms with Gasteiger partial charge >= 0.3 is 0 Å². The van der Waals surface area contributed by atoms with Crippen LogP contribution < -0.4 is 9.46 Å². The Morgan fingerprint density at radius 1 is 1.00 bits per heavy atom. The fourth-order valence-corrected chi connectivity index (χ4v) is 4.00. The third kappa shape index (κ3) is 4.81. The van der Waals surface area contributed by atoms with Crippen LogP contribution in [0.5, 0.6) is 5.75 Å². The summed E-state index contributed by atoms with van der Waals surface area (Å²) in [4.78, 5) is 12.5. The summed E-state index contributed by atoms with van der Waals surface area (Å²) in [6.07, 6.45) is -1.08. The summed E-state index contributed by atoms with van der Waals surface area (Å²) >= 11 is 0. The Morgan fingerprint density at radius 3 is 2.41 bits per heavy atom. The Labute approximate surface area is 169 Å². The van der Waals surface area contributed by atoms with E-state index >= 15 is 0 Å². The molecule has 0 aliphatic carbocycles. The van der Waals surface area contributed by atoms with Gasteiger partial charge in [-0.15, -0.1) is 0 Å². The van der Waals surface area contributed by atoms with E-state index in [0.29, 0.717) is 16.9 Å². The van der Waals surface area contributed by atoms with Crippen molar-refractivity contribution in [1.29, 1.82) is 5.26 Å². The topological polar surface area (TPSA) is 96.3 Å². The monoisotopic (exact) mass is 406 g/mol. The fraction of sp³-hybridized carbons (Fsp3) is 0.0909. The van der Waals surface area contributed by atoms with Crippen LogP contribution >= 0.6 is 0 Å². The van der Waals surface area contributed by atoms with Gasteiger partial charge in [-0.3, -0.25) is 4.79 Å². The van der Waals surface area contributed by atoms with Gasteiger partial charge in [0.05, 0.1) is 16.5 Å². The van der Waals surface area contributed by atoms with Crippen LogP contribution in [0.1, 0.15) is 12.5 Å². The van der Waals surface area contributed by atoms with Gasteiger partial charge in [-0.2, -0.15) is 5.26 Å². The van der Waals surface area contributed by atoms with Crippen LogP contribution in [0.25, 0.3) is 11.1 Å². The molecule has 0 unspecified atom stereocenters. The van der Waals surface area contributed by atoms with Gasteiger partial charge in [0.1, 0.15) is 5.75 Å².